The van der Waals surface area contributed by atoms with Crippen LogP contribution in [0, 0.1) is 16.7 Å². The fraction of sp³-hybridized carbons (Fsp3) is 0.385. The van der Waals surface area contributed by atoms with Gasteiger partial charge in [0, 0.05) is 5.69 Å². The zero-order valence-corrected chi connectivity index (χ0v) is 10.5. The molecule has 0 aromatic heterocycles. The van der Waals surface area contributed by atoms with E-state index in [1.165, 1.54) is 19.1 Å². The Morgan fingerprint density at radius 1 is 1.42 bits per heavy atom. The normalized spacial score (nSPS) is 14.3. The van der Waals surface area contributed by atoms with E-state index in [0.717, 1.165) is 12.1 Å². The van der Waals surface area contributed by atoms with Gasteiger partial charge in [0.25, 0.3) is 0 Å². The van der Waals surface area contributed by atoms with E-state index in [-0.39, 0.29) is 12.1 Å². The van der Waals surface area contributed by atoms with Gasteiger partial charge in [-0.3, -0.25) is 4.79 Å². The molecular formula is C13H13F3N2O. The molecule has 0 aliphatic rings. The number of carbonyl (C=O) groups excluding carboxylic acids is 1. The quantitative estimate of drug-likeness (QED) is 0.912. The van der Waals surface area contributed by atoms with Gasteiger partial charge < -0.3 is 5.32 Å². The molecule has 0 aliphatic carbocycles. The summed E-state index contributed by atoms with van der Waals surface area (Å²) >= 11 is 0. The van der Waals surface area contributed by atoms with Crippen LogP contribution in [0.15, 0.2) is 24.3 Å². The third kappa shape index (κ3) is 3.47. The third-order valence-corrected chi connectivity index (χ3v) is 2.90. The second kappa shape index (κ2) is 5.31. The largest absolute Gasteiger partial charge is 0.416 e. The molecule has 6 heteroatoms. The predicted octanol–water partition coefficient (Wildman–Crippen LogP) is 3.58. The molecule has 0 radical (unpaired) electrons. The first-order valence-electron chi connectivity index (χ1n) is 5.63. The predicted molar refractivity (Wildman–Crippen MR) is 64.1 cm³/mol. The number of nitrogens with one attached hydrogen (secondary N) is 1. The Bertz CT molecular complexity index is 519. The van der Waals surface area contributed by atoms with E-state index in [9.17, 15) is 18.0 Å². The van der Waals surface area contributed by atoms with Gasteiger partial charge in [-0.15, -0.1) is 0 Å². The van der Waals surface area contributed by atoms with E-state index < -0.39 is 23.1 Å². The fourth-order valence-corrected chi connectivity index (χ4v) is 1.33. The molecule has 0 saturated heterocycles. The van der Waals surface area contributed by atoms with Crippen LogP contribution >= 0.6 is 0 Å². The molecule has 0 fully saturated rings. The monoisotopic (exact) mass is 270 g/mol. The van der Waals surface area contributed by atoms with E-state index in [4.69, 9.17) is 5.26 Å². The Balaban J connectivity index is 2.96. The van der Waals surface area contributed by atoms with Gasteiger partial charge in [0.05, 0.1) is 11.6 Å². The summed E-state index contributed by atoms with van der Waals surface area (Å²) in [5.41, 5.74) is -2.08. The first-order chi connectivity index (χ1) is 8.73. The number of hydrogen-bond donors (Lipinski definition) is 1. The van der Waals surface area contributed by atoms with E-state index in [2.05, 4.69) is 5.32 Å². The molecule has 0 aliphatic heterocycles. The molecule has 1 aromatic rings. The number of rotatable bonds is 3. The lowest BCUT2D eigenvalue weighted by molar-refractivity contribution is -0.137. The number of amides is 1. The molecule has 1 unspecified atom stereocenters. The van der Waals surface area contributed by atoms with Crippen molar-refractivity contribution in [2.45, 2.75) is 26.4 Å². The molecule has 19 heavy (non-hydrogen) atoms. The zero-order valence-electron chi connectivity index (χ0n) is 10.5. The first kappa shape index (κ1) is 15.0. The molecule has 0 spiro atoms. The minimum absolute atomic E-state index is 0.0229. The van der Waals surface area contributed by atoms with Crippen molar-refractivity contribution in [1.29, 1.82) is 5.26 Å². The van der Waals surface area contributed by atoms with Crippen LogP contribution in [-0.4, -0.2) is 5.91 Å². The molecule has 102 valence electrons. The Hall–Kier alpha value is -2.03. The van der Waals surface area contributed by atoms with E-state index in [0.29, 0.717) is 0 Å². The van der Waals surface area contributed by atoms with Crippen molar-refractivity contribution in [3.8, 4) is 6.07 Å². The maximum atomic E-state index is 12.5. The lowest BCUT2D eigenvalue weighted by Crippen LogP contribution is -2.31. The first-order valence-corrected chi connectivity index (χ1v) is 5.63. The molecule has 1 N–H and O–H groups in total. The lowest BCUT2D eigenvalue weighted by atomic mass is 9.88. The standard InChI is InChI=1S/C13H13F3N2O/c1-3-12(2,8-17)11(19)18-10-6-4-5-9(7-10)13(14,15)16/h4-7H,3H2,1-2H3,(H,18,19). The third-order valence-electron chi connectivity index (χ3n) is 2.90. The van der Waals surface area contributed by atoms with Crippen molar-refractivity contribution in [2.24, 2.45) is 5.41 Å². The summed E-state index contributed by atoms with van der Waals surface area (Å²) in [6.07, 6.45) is -4.20. The number of nitriles is 1. The smallest absolute Gasteiger partial charge is 0.325 e. The minimum atomic E-state index is -4.47. The topological polar surface area (TPSA) is 52.9 Å². The van der Waals surface area contributed by atoms with Crippen molar-refractivity contribution in [3.05, 3.63) is 29.8 Å². The molecule has 1 aromatic carbocycles. The molecule has 1 atom stereocenters. The molecular weight excluding hydrogens is 257 g/mol. The van der Waals surface area contributed by atoms with Crippen molar-refractivity contribution in [3.63, 3.8) is 0 Å². The van der Waals surface area contributed by atoms with Gasteiger partial charge in [-0.25, -0.2) is 0 Å². The highest BCUT2D eigenvalue weighted by atomic mass is 19.4. The van der Waals surface area contributed by atoms with E-state index >= 15 is 0 Å². The minimum Gasteiger partial charge on any atom is -0.325 e. The number of hydrogen-bond acceptors (Lipinski definition) is 2. The van der Waals surface area contributed by atoms with Crippen LogP contribution in [0.3, 0.4) is 0 Å². The highest BCUT2D eigenvalue weighted by Crippen LogP contribution is 2.31. The zero-order chi connectivity index (χ0) is 14.7. The molecule has 1 rings (SSSR count). The van der Waals surface area contributed by atoms with Crippen molar-refractivity contribution >= 4 is 11.6 Å². The van der Waals surface area contributed by atoms with Crippen LogP contribution < -0.4 is 5.32 Å². The van der Waals surface area contributed by atoms with Crippen molar-refractivity contribution in [2.75, 3.05) is 5.32 Å². The van der Waals surface area contributed by atoms with Crippen LogP contribution in [0.1, 0.15) is 25.8 Å². The maximum Gasteiger partial charge on any atom is 0.416 e. The van der Waals surface area contributed by atoms with Crippen LogP contribution in [0.5, 0.6) is 0 Å². The summed E-state index contributed by atoms with van der Waals surface area (Å²) in [5.74, 6) is -0.614. The number of anilines is 1. The summed E-state index contributed by atoms with van der Waals surface area (Å²) < 4.78 is 37.5. The molecule has 3 nitrogen and oxygen atoms in total. The summed E-state index contributed by atoms with van der Waals surface area (Å²) in [6.45, 7) is 3.10. The van der Waals surface area contributed by atoms with Crippen LogP contribution in [0.2, 0.25) is 0 Å². The van der Waals surface area contributed by atoms with Gasteiger partial charge in [0.2, 0.25) is 5.91 Å². The second-order valence-electron chi connectivity index (χ2n) is 4.33. The van der Waals surface area contributed by atoms with Crippen molar-refractivity contribution < 1.29 is 18.0 Å². The number of carbonyl (C=O) groups is 1. The van der Waals surface area contributed by atoms with Gasteiger partial charge in [-0.1, -0.05) is 13.0 Å². The van der Waals surface area contributed by atoms with Gasteiger partial charge in [-0.2, -0.15) is 18.4 Å². The Morgan fingerprint density at radius 2 is 2.05 bits per heavy atom. The second-order valence-corrected chi connectivity index (χ2v) is 4.33. The highest BCUT2D eigenvalue weighted by Gasteiger charge is 2.33. The summed E-state index contributed by atoms with van der Waals surface area (Å²) in [6, 6.07) is 6.16. The Labute approximate surface area is 109 Å². The molecule has 0 saturated carbocycles. The highest BCUT2D eigenvalue weighted by molar-refractivity contribution is 5.96. The fourth-order valence-electron chi connectivity index (χ4n) is 1.33. The van der Waals surface area contributed by atoms with Crippen molar-refractivity contribution in [1.82, 2.24) is 0 Å². The average Bonchev–Trinajstić information content (AvgIpc) is 2.37. The molecule has 0 heterocycles. The van der Waals surface area contributed by atoms with Gasteiger partial charge >= 0.3 is 6.18 Å². The van der Waals surface area contributed by atoms with Gasteiger partial charge in [0.15, 0.2) is 0 Å². The lowest BCUT2D eigenvalue weighted by Gasteiger charge is -2.19. The SMILES string of the molecule is CCC(C)(C#N)C(=O)Nc1cccc(C(F)(F)F)c1. The van der Waals surface area contributed by atoms with E-state index in [1.807, 2.05) is 6.07 Å². The maximum absolute atomic E-state index is 12.5. The molecule has 0 bridgehead atoms. The van der Waals surface area contributed by atoms with Gasteiger partial charge in [-0.05, 0) is 31.5 Å². The Morgan fingerprint density at radius 3 is 2.53 bits per heavy atom. The average molecular weight is 270 g/mol. The Kier molecular flexibility index (Phi) is 4.20. The van der Waals surface area contributed by atoms with Crippen LogP contribution in [0.4, 0.5) is 18.9 Å². The number of alkyl halides is 3. The van der Waals surface area contributed by atoms with E-state index in [1.54, 1.807) is 6.92 Å². The molecule has 1 amide bonds. The summed E-state index contributed by atoms with van der Waals surface area (Å²) in [5, 5.41) is 11.3. The van der Waals surface area contributed by atoms with Crippen LogP contribution in [0.25, 0.3) is 0 Å². The summed E-state index contributed by atoms with van der Waals surface area (Å²) in [7, 11) is 0. The van der Waals surface area contributed by atoms with Gasteiger partial charge in [0.1, 0.15) is 5.41 Å². The number of halogens is 3. The van der Waals surface area contributed by atoms with Crippen LogP contribution in [-0.2, 0) is 11.0 Å². The number of nitrogens with zero attached hydrogens (tertiary/aromatic N) is 1. The number of benzene rings is 1. The summed E-state index contributed by atoms with van der Waals surface area (Å²) in [4.78, 5) is 11.8.